The second-order valence-corrected chi connectivity index (χ2v) is 4.31. The number of nitrogens with two attached hydrogens (primary N) is 1. The fraction of sp³-hybridized carbons (Fsp3) is 0.538. The fourth-order valence-corrected chi connectivity index (χ4v) is 2.10. The Morgan fingerprint density at radius 3 is 2.65 bits per heavy atom. The third-order valence-corrected chi connectivity index (χ3v) is 3.08. The van der Waals surface area contributed by atoms with Gasteiger partial charge in [-0.1, -0.05) is 0 Å². The first-order chi connectivity index (χ1) is 8.22. The monoisotopic (exact) mass is 236 g/mol. The molecule has 17 heavy (non-hydrogen) atoms. The summed E-state index contributed by atoms with van der Waals surface area (Å²) in [6.45, 7) is 5.43. The van der Waals surface area contributed by atoms with Gasteiger partial charge in [-0.15, -0.1) is 0 Å². The van der Waals surface area contributed by atoms with E-state index in [4.69, 9.17) is 15.2 Å². The molecule has 1 aromatic rings. The van der Waals surface area contributed by atoms with E-state index < -0.39 is 0 Å². The van der Waals surface area contributed by atoms with Crippen LogP contribution in [0.25, 0.3) is 0 Å². The van der Waals surface area contributed by atoms with Gasteiger partial charge in [0.05, 0.1) is 20.3 Å². The van der Waals surface area contributed by atoms with E-state index in [1.54, 1.807) is 7.11 Å². The molecule has 0 bridgehead atoms. The summed E-state index contributed by atoms with van der Waals surface area (Å²) in [6.07, 6.45) is 0. The third-order valence-electron chi connectivity index (χ3n) is 3.08. The van der Waals surface area contributed by atoms with Gasteiger partial charge in [0, 0.05) is 30.4 Å². The number of nitrogens with zero attached hydrogens (tertiary/aromatic N) is 1. The first kappa shape index (κ1) is 12.2. The Bertz CT molecular complexity index is 374. The molecule has 0 aliphatic carbocycles. The summed E-state index contributed by atoms with van der Waals surface area (Å²) >= 11 is 0. The molecule has 2 N–H and O–H groups in total. The van der Waals surface area contributed by atoms with Gasteiger partial charge < -0.3 is 20.1 Å². The molecule has 4 nitrogen and oxygen atoms in total. The normalized spacial score (nSPS) is 17.9. The maximum Gasteiger partial charge on any atom is 0.123 e. The van der Waals surface area contributed by atoms with E-state index in [0.717, 1.165) is 37.6 Å². The minimum atomic E-state index is -0.0223. The van der Waals surface area contributed by atoms with Gasteiger partial charge in [-0.2, -0.15) is 0 Å². The Kier molecular flexibility index (Phi) is 3.86. The van der Waals surface area contributed by atoms with E-state index in [-0.39, 0.29) is 6.04 Å². The number of hydrogen-bond acceptors (Lipinski definition) is 4. The van der Waals surface area contributed by atoms with Crippen LogP contribution < -0.4 is 15.4 Å². The van der Waals surface area contributed by atoms with E-state index in [2.05, 4.69) is 17.0 Å². The van der Waals surface area contributed by atoms with Crippen molar-refractivity contribution in [1.82, 2.24) is 0 Å². The zero-order valence-electron chi connectivity index (χ0n) is 10.5. The van der Waals surface area contributed by atoms with Gasteiger partial charge in [0.1, 0.15) is 5.75 Å². The van der Waals surface area contributed by atoms with Gasteiger partial charge in [0.2, 0.25) is 0 Å². The fourth-order valence-electron chi connectivity index (χ4n) is 2.10. The summed E-state index contributed by atoms with van der Waals surface area (Å²) in [5, 5.41) is 0. The topological polar surface area (TPSA) is 47.7 Å². The summed E-state index contributed by atoms with van der Waals surface area (Å²) in [6, 6.07) is 6.17. The van der Waals surface area contributed by atoms with Crippen LogP contribution in [0.3, 0.4) is 0 Å². The molecule has 0 radical (unpaired) electrons. The van der Waals surface area contributed by atoms with Gasteiger partial charge >= 0.3 is 0 Å². The summed E-state index contributed by atoms with van der Waals surface area (Å²) in [5.74, 6) is 0.858. The molecule has 2 rings (SSSR count). The number of hydrogen-bond donors (Lipinski definition) is 1. The Morgan fingerprint density at radius 1 is 1.35 bits per heavy atom. The highest BCUT2D eigenvalue weighted by atomic mass is 16.5. The van der Waals surface area contributed by atoms with Crippen molar-refractivity contribution in [2.24, 2.45) is 5.73 Å². The van der Waals surface area contributed by atoms with Crippen molar-refractivity contribution in [2.75, 3.05) is 38.3 Å². The number of rotatable bonds is 3. The number of ether oxygens (including phenoxy) is 2. The number of morpholine rings is 1. The van der Waals surface area contributed by atoms with E-state index in [1.807, 2.05) is 13.0 Å². The maximum absolute atomic E-state index is 5.97. The van der Waals surface area contributed by atoms with Gasteiger partial charge in [-0.25, -0.2) is 0 Å². The lowest BCUT2D eigenvalue weighted by atomic mass is 10.1. The molecule has 1 aliphatic heterocycles. The average molecular weight is 236 g/mol. The Morgan fingerprint density at radius 2 is 2.06 bits per heavy atom. The van der Waals surface area contributed by atoms with Gasteiger partial charge in [0.25, 0.3) is 0 Å². The van der Waals surface area contributed by atoms with Crippen LogP contribution in [-0.2, 0) is 4.74 Å². The first-order valence-corrected chi connectivity index (χ1v) is 5.98. The number of benzene rings is 1. The van der Waals surface area contributed by atoms with Crippen LogP contribution >= 0.6 is 0 Å². The van der Waals surface area contributed by atoms with Crippen LogP contribution in [0.4, 0.5) is 5.69 Å². The molecule has 0 aromatic heterocycles. The predicted molar refractivity (Wildman–Crippen MR) is 68.6 cm³/mol. The summed E-state index contributed by atoms with van der Waals surface area (Å²) < 4.78 is 10.7. The van der Waals surface area contributed by atoms with Crippen LogP contribution in [0.15, 0.2) is 18.2 Å². The smallest absolute Gasteiger partial charge is 0.123 e. The molecule has 1 saturated heterocycles. The Labute approximate surface area is 102 Å². The predicted octanol–water partition coefficient (Wildman–Crippen LogP) is 1.55. The molecule has 0 spiro atoms. The van der Waals surface area contributed by atoms with Gasteiger partial charge in [0.15, 0.2) is 0 Å². The molecule has 0 saturated carbocycles. The van der Waals surface area contributed by atoms with Crippen LogP contribution in [-0.4, -0.2) is 33.4 Å². The van der Waals surface area contributed by atoms with Crippen molar-refractivity contribution >= 4 is 5.69 Å². The van der Waals surface area contributed by atoms with Crippen LogP contribution in [0.2, 0.25) is 0 Å². The SMILES string of the molecule is COc1ccc(N2CCOCC2)cc1[C@H](C)N. The van der Waals surface area contributed by atoms with Crippen LogP contribution in [0.1, 0.15) is 18.5 Å². The molecule has 0 amide bonds. The summed E-state index contributed by atoms with van der Waals surface area (Å²) in [5.41, 5.74) is 8.21. The van der Waals surface area contributed by atoms with Crippen molar-refractivity contribution in [3.63, 3.8) is 0 Å². The highest BCUT2D eigenvalue weighted by Gasteiger charge is 2.14. The molecular weight excluding hydrogens is 216 g/mol. The zero-order chi connectivity index (χ0) is 12.3. The second kappa shape index (κ2) is 5.38. The highest BCUT2D eigenvalue weighted by Crippen LogP contribution is 2.29. The standard InChI is InChI=1S/C13H20N2O2/c1-10(14)12-9-11(3-4-13(12)16-2)15-5-7-17-8-6-15/h3-4,9-10H,5-8,14H2,1-2H3/t10-/m0/s1. The minimum absolute atomic E-state index is 0.0223. The van der Waals surface area contributed by atoms with E-state index in [9.17, 15) is 0 Å². The molecular formula is C13H20N2O2. The average Bonchev–Trinajstić information content (AvgIpc) is 2.39. The zero-order valence-corrected chi connectivity index (χ0v) is 10.5. The molecule has 0 unspecified atom stereocenters. The molecule has 1 fully saturated rings. The first-order valence-electron chi connectivity index (χ1n) is 5.98. The number of methoxy groups -OCH3 is 1. The van der Waals surface area contributed by atoms with Crippen molar-refractivity contribution in [1.29, 1.82) is 0 Å². The van der Waals surface area contributed by atoms with Crippen LogP contribution in [0, 0.1) is 0 Å². The molecule has 1 aromatic carbocycles. The Hall–Kier alpha value is -1.26. The van der Waals surface area contributed by atoms with E-state index >= 15 is 0 Å². The largest absolute Gasteiger partial charge is 0.496 e. The van der Waals surface area contributed by atoms with Crippen molar-refractivity contribution < 1.29 is 9.47 Å². The molecule has 1 aliphatic rings. The van der Waals surface area contributed by atoms with Crippen molar-refractivity contribution in [2.45, 2.75) is 13.0 Å². The quantitative estimate of drug-likeness (QED) is 0.865. The maximum atomic E-state index is 5.97. The minimum Gasteiger partial charge on any atom is -0.496 e. The van der Waals surface area contributed by atoms with Crippen molar-refractivity contribution in [3.05, 3.63) is 23.8 Å². The molecule has 4 heteroatoms. The third kappa shape index (κ3) is 2.70. The summed E-state index contributed by atoms with van der Waals surface area (Å²) in [7, 11) is 1.68. The lowest BCUT2D eigenvalue weighted by Gasteiger charge is -2.29. The van der Waals surface area contributed by atoms with Crippen LogP contribution in [0.5, 0.6) is 5.75 Å². The second-order valence-electron chi connectivity index (χ2n) is 4.31. The van der Waals surface area contributed by atoms with Gasteiger partial charge in [-0.3, -0.25) is 0 Å². The highest BCUT2D eigenvalue weighted by molar-refractivity contribution is 5.54. The molecule has 1 heterocycles. The molecule has 1 atom stereocenters. The van der Waals surface area contributed by atoms with Gasteiger partial charge in [-0.05, 0) is 25.1 Å². The van der Waals surface area contributed by atoms with E-state index in [1.165, 1.54) is 5.69 Å². The lowest BCUT2D eigenvalue weighted by Crippen LogP contribution is -2.36. The van der Waals surface area contributed by atoms with Crippen molar-refractivity contribution in [3.8, 4) is 5.75 Å². The Balaban J connectivity index is 2.26. The number of anilines is 1. The van der Waals surface area contributed by atoms with E-state index in [0.29, 0.717) is 0 Å². The lowest BCUT2D eigenvalue weighted by molar-refractivity contribution is 0.122. The summed E-state index contributed by atoms with van der Waals surface area (Å²) in [4.78, 5) is 2.31. The molecule has 94 valence electrons.